The quantitative estimate of drug-likeness (QED) is 0.428. The standard InChI is InChI=1S/C25H30ClNO4/c1-15(28)19-14-27-21(13-22(19)29)18-11-20(26)23(31-10-6-9-30-4)12-17(18)16-7-5-8-25(2,3)24(16)27/h11-14,16,24H,5-10H2,1-4H3/t16-,24+/m1/s1. The molecule has 0 bridgehead atoms. The Bertz CT molecular complexity index is 1070. The highest BCUT2D eigenvalue weighted by molar-refractivity contribution is 6.32. The van der Waals surface area contributed by atoms with E-state index in [0.717, 1.165) is 36.9 Å². The first-order chi connectivity index (χ1) is 14.7. The van der Waals surface area contributed by atoms with E-state index < -0.39 is 0 Å². The SMILES string of the molecule is COCCCOc1cc2c(cc1Cl)-c1cc(=O)c(C(C)=O)cn1[C@H]1[C@@H]2CCCC1(C)C. The van der Waals surface area contributed by atoms with Crippen LogP contribution in [0.25, 0.3) is 11.3 Å². The Labute approximate surface area is 188 Å². The monoisotopic (exact) mass is 443 g/mol. The number of carbonyl (C=O) groups excluding carboxylic acids is 1. The molecule has 1 aromatic heterocycles. The summed E-state index contributed by atoms with van der Waals surface area (Å²) in [7, 11) is 1.67. The summed E-state index contributed by atoms with van der Waals surface area (Å²) in [5, 5.41) is 0.527. The molecule has 0 radical (unpaired) electrons. The van der Waals surface area contributed by atoms with Gasteiger partial charge in [0.15, 0.2) is 11.2 Å². The molecule has 1 fully saturated rings. The molecule has 5 nitrogen and oxygen atoms in total. The molecule has 0 saturated heterocycles. The number of pyridine rings is 1. The molecule has 2 heterocycles. The van der Waals surface area contributed by atoms with Gasteiger partial charge in [0.25, 0.3) is 0 Å². The minimum atomic E-state index is -0.243. The molecule has 1 aromatic carbocycles. The summed E-state index contributed by atoms with van der Waals surface area (Å²) in [4.78, 5) is 24.8. The molecule has 0 amide bonds. The number of benzene rings is 1. The lowest BCUT2D eigenvalue weighted by Crippen LogP contribution is -2.39. The van der Waals surface area contributed by atoms with E-state index in [1.807, 2.05) is 6.07 Å². The van der Waals surface area contributed by atoms with Gasteiger partial charge in [0.1, 0.15) is 5.75 Å². The highest BCUT2D eigenvalue weighted by atomic mass is 35.5. The van der Waals surface area contributed by atoms with Crippen LogP contribution in [-0.2, 0) is 4.74 Å². The van der Waals surface area contributed by atoms with Gasteiger partial charge >= 0.3 is 0 Å². The van der Waals surface area contributed by atoms with Crippen molar-refractivity contribution < 1.29 is 14.3 Å². The third-order valence-electron chi connectivity index (χ3n) is 6.81. The lowest BCUT2D eigenvalue weighted by Gasteiger charge is -2.49. The molecule has 1 aliphatic heterocycles. The zero-order chi connectivity index (χ0) is 22.3. The maximum atomic E-state index is 12.7. The number of rotatable bonds is 6. The maximum Gasteiger partial charge on any atom is 0.192 e. The Morgan fingerprint density at radius 2 is 2.03 bits per heavy atom. The Hall–Kier alpha value is -2.11. The summed E-state index contributed by atoms with van der Waals surface area (Å²) in [5.41, 5.74) is 3.00. The third kappa shape index (κ3) is 3.94. The number of hydrogen-bond acceptors (Lipinski definition) is 4. The Kier molecular flexibility index (Phi) is 6.01. The Morgan fingerprint density at radius 3 is 2.74 bits per heavy atom. The summed E-state index contributed by atoms with van der Waals surface area (Å²) >= 11 is 6.60. The third-order valence-corrected chi connectivity index (χ3v) is 7.10. The fraction of sp³-hybridized carbons (Fsp3) is 0.520. The molecule has 2 atom stereocenters. The van der Waals surface area contributed by atoms with Gasteiger partial charge in [-0.05, 0) is 42.9 Å². The van der Waals surface area contributed by atoms with E-state index in [2.05, 4.69) is 24.5 Å². The number of carbonyl (C=O) groups is 1. The van der Waals surface area contributed by atoms with Crippen molar-refractivity contribution >= 4 is 17.4 Å². The van der Waals surface area contributed by atoms with Gasteiger partial charge in [-0.1, -0.05) is 31.9 Å². The van der Waals surface area contributed by atoms with Crippen molar-refractivity contribution in [2.75, 3.05) is 20.3 Å². The van der Waals surface area contributed by atoms with Crippen LogP contribution in [0, 0.1) is 5.41 Å². The van der Waals surface area contributed by atoms with Crippen LogP contribution in [-0.4, -0.2) is 30.7 Å². The van der Waals surface area contributed by atoms with Crippen LogP contribution in [0.2, 0.25) is 5.02 Å². The first-order valence-electron chi connectivity index (χ1n) is 11.0. The van der Waals surface area contributed by atoms with E-state index in [0.29, 0.717) is 24.0 Å². The fourth-order valence-electron chi connectivity index (χ4n) is 5.38. The second kappa shape index (κ2) is 8.44. The molecule has 31 heavy (non-hydrogen) atoms. The van der Waals surface area contributed by atoms with Crippen LogP contribution < -0.4 is 10.2 Å². The van der Waals surface area contributed by atoms with Gasteiger partial charge in [0.2, 0.25) is 0 Å². The van der Waals surface area contributed by atoms with E-state index >= 15 is 0 Å². The summed E-state index contributed by atoms with van der Waals surface area (Å²) in [6.07, 6.45) is 5.84. The van der Waals surface area contributed by atoms with Gasteiger partial charge in [0, 0.05) is 49.9 Å². The minimum Gasteiger partial charge on any atom is -0.492 e. The van der Waals surface area contributed by atoms with Crippen LogP contribution >= 0.6 is 11.6 Å². The molecule has 1 aliphatic carbocycles. The number of nitrogens with zero attached hydrogens (tertiary/aromatic N) is 1. The number of aromatic nitrogens is 1. The summed E-state index contributed by atoms with van der Waals surface area (Å²) in [5.74, 6) is 0.746. The normalized spacial score (nSPS) is 21.1. The van der Waals surface area contributed by atoms with Crippen molar-refractivity contribution in [2.45, 2.75) is 58.4 Å². The number of ketones is 1. The number of halogens is 1. The van der Waals surface area contributed by atoms with E-state index in [-0.39, 0.29) is 34.2 Å². The molecule has 166 valence electrons. The van der Waals surface area contributed by atoms with Gasteiger partial charge in [-0.25, -0.2) is 0 Å². The van der Waals surface area contributed by atoms with Crippen molar-refractivity contribution in [2.24, 2.45) is 5.41 Å². The number of methoxy groups -OCH3 is 1. The van der Waals surface area contributed by atoms with Crippen LogP contribution in [0.4, 0.5) is 0 Å². The van der Waals surface area contributed by atoms with Gasteiger partial charge < -0.3 is 14.0 Å². The first kappa shape index (κ1) is 22.1. The summed E-state index contributed by atoms with van der Waals surface area (Å²) in [6.45, 7) is 7.18. The van der Waals surface area contributed by atoms with Crippen LogP contribution in [0.15, 0.2) is 29.2 Å². The topological polar surface area (TPSA) is 57.5 Å². The highest BCUT2D eigenvalue weighted by Crippen LogP contribution is 2.57. The fourth-order valence-corrected chi connectivity index (χ4v) is 5.60. The predicted octanol–water partition coefficient (Wildman–Crippen LogP) is 5.64. The van der Waals surface area contributed by atoms with E-state index in [4.69, 9.17) is 21.1 Å². The van der Waals surface area contributed by atoms with Gasteiger partial charge in [-0.2, -0.15) is 0 Å². The van der Waals surface area contributed by atoms with Crippen LogP contribution in [0.5, 0.6) is 5.75 Å². The molecule has 2 aromatic rings. The second-order valence-electron chi connectivity index (χ2n) is 9.40. The number of hydrogen-bond donors (Lipinski definition) is 0. The zero-order valence-corrected chi connectivity index (χ0v) is 19.4. The summed E-state index contributed by atoms with van der Waals surface area (Å²) in [6, 6.07) is 5.74. The predicted molar refractivity (Wildman–Crippen MR) is 123 cm³/mol. The second-order valence-corrected chi connectivity index (χ2v) is 9.80. The lowest BCUT2D eigenvalue weighted by molar-refractivity contribution is 0.100. The zero-order valence-electron chi connectivity index (χ0n) is 18.7. The molecule has 0 N–H and O–H groups in total. The van der Waals surface area contributed by atoms with Crippen molar-refractivity contribution in [1.29, 1.82) is 0 Å². The van der Waals surface area contributed by atoms with Gasteiger partial charge in [-0.15, -0.1) is 0 Å². The first-order valence-corrected chi connectivity index (χ1v) is 11.3. The Balaban J connectivity index is 1.88. The van der Waals surface area contributed by atoms with E-state index in [1.54, 1.807) is 19.4 Å². The molecule has 1 saturated carbocycles. The molecule has 0 spiro atoms. The molecular formula is C25H30ClNO4. The summed E-state index contributed by atoms with van der Waals surface area (Å²) < 4.78 is 13.2. The lowest BCUT2D eigenvalue weighted by atomic mass is 9.63. The molecule has 6 heteroatoms. The maximum absolute atomic E-state index is 12.7. The molecule has 4 rings (SSSR count). The minimum absolute atomic E-state index is 0.0254. The largest absolute Gasteiger partial charge is 0.492 e. The molecule has 2 aliphatic rings. The highest BCUT2D eigenvalue weighted by Gasteiger charge is 2.45. The Morgan fingerprint density at radius 1 is 1.26 bits per heavy atom. The average molecular weight is 444 g/mol. The number of fused-ring (bicyclic) bond motifs is 6. The van der Waals surface area contributed by atoms with E-state index in [1.165, 1.54) is 12.5 Å². The van der Waals surface area contributed by atoms with Crippen molar-refractivity contribution in [3.63, 3.8) is 0 Å². The van der Waals surface area contributed by atoms with Crippen LogP contribution in [0.3, 0.4) is 0 Å². The smallest absolute Gasteiger partial charge is 0.192 e. The van der Waals surface area contributed by atoms with Gasteiger partial charge in [0.05, 0.1) is 22.9 Å². The molecule has 0 unspecified atom stereocenters. The number of ether oxygens (including phenoxy) is 2. The molecular weight excluding hydrogens is 414 g/mol. The van der Waals surface area contributed by atoms with E-state index in [9.17, 15) is 9.59 Å². The van der Waals surface area contributed by atoms with Gasteiger partial charge in [-0.3, -0.25) is 9.59 Å². The van der Waals surface area contributed by atoms with Crippen molar-refractivity contribution in [3.05, 3.63) is 50.8 Å². The number of Topliss-reactive ketones (excluding diaryl/α,β-unsaturated/α-hetero) is 1. The van der Waals surface area contributed by atoms with Crippen molar-refractivity contribution in [3.8, 4) is 17.0 Å². The van der Waals surface area contributed by atoms with Crippen LogP contribution in [0.1, 0.15) is 74.3 Å². The average Bonchev–Trinajstić information content (AvgIpc) is 2.71. The van der Waals surface area contributed by atoms with Crippen molar-refractivity contribution in [1.82, 2.24) is 4.57 Å².